The summed E-state index contributed by atoms with van der Waals surface area (Å²) < 4.78 is 0. The van der Waals surface area contributed by atoms with Crippen LogP contribution in [-0.4, -0.2) is 35.8 Å². The lowest BCUT2D eigenvalue weighted by molar-refractivity contribution is -0.136. The van der Waals surface area contributed by atoms with Crippen LogP contribution in [0.15, 0.2) is 22.0 Å². The summed E-state index contributed by atoms with van der Waals surface area (Å²) in [7, 11) is 0. The van der Waals surface area contributed by atoms with Gasteiger partial charge in [0.15, 0.2) is 5.60 Å². The molecule has 4 heteroatoms. The maximum absolute atomic E-state index is 5.90. The fourth-order valence-corrected chi connectivity index (χ4v) is 4.17. The average molecular weight is 248 g/mol. The fourth-order valence-electron chi connectivity index (χ4n) is 3.51. The predicted octanol–water partition coefficient (Wildman–Crippen LogP) is 2.34. The summed E-state index contributed by atoms with van der Waals surface area (Å²) >= 11 is 1.73. The Hall–Kier alpha value is -0.870. The van der Waals surface area contributed by atoms with Crippen LogP contribution in [0.5, 0.6) is 0 Å². The molecule has 0 aromatic carbocycles. The van der Waals surface area contributed by atoms with E-state index < -0.39 is 0 Å². The first kappa shape index (κ1) is 10.1. The number of hydrogen-bond donors (Lipinski definition) is 0. The van der Waals surface area contributed by atoms with Crippen LogP contribution in [-0.2, 0) is 4.84 Å². The van der Waals surface area contributed by atoms with Crippen LogP contribution >= 0.6 is 11.3 Å². The summed E-state index contributed by atoms with van der Waals surface area (Å²) in [5, 5.41) is 8.65. The lowest BCUT2D eigenvalue weighted by atomic mass is 9.73. The van der Waals surface area contributed by atoms with Crippen molar-refractivity contribution in [2.24, 2.45) is 11.1 Å². The van der Waals surface area contributed by atoms with E-state index >= 15 is 0 Å². The first-order valence-electron chi connectivity index (χ1n) is 6.36. The highest BCUT2D eigenvalue weighted by atomic mass is 32.1. The Labute approximate surface area is 105 Å². The topological polar surface area (TPSA) is 24.8 Å². The quantitative estimate of drug-likeness (QED) is 0.762. The molecule has 17 heavy (non-hydrogen) atoms. The first-order valence-corrected chi connectivity index (χ1v) is 7.30. The van der Waals surface area contributed by atoms with Gasteiger partial charge in [0.2, 0.25) is 0 Å². The van der Waals surface area contributed by atoms with Gasteiger partial charge in [-0.05, 0) is 42.8 Å². The van der Waals surface area contributed by atoms with Gasteiger partial charge in [-0.15, -0.1) is 0 Å². The minimum Gasteiger partial charge on any atom is -0.387 e. The number of rotatable bonds is 1. The van der Waals surface area contributed by atoms with Crippen LogP contribution in [0.2, 0.25) is 0 Å². The Morgan fingerprint density at radius 2 is 2.29 bits per heavy atom. The predicted molar refractivity (Wildman–Crippen MR) is 68.5 cm³/mol. The number of oxime groups is 1. The smallest absolute Gasteiger partial charge is 0.158 e. The molecule has 1 unspecified atom stereocenters. The van der Waals surface area contributed by atoms with E-state index in [1.807, 2.05) is 0 Å². The first-order chi connectivity index (χ1) is 8.36. The second-order valence-corrected chi connectivity index (χ2v) is 6.21. The van der Waals surface area contributed by atoms with Gasteiger partial charge in [-0.25, -0.2) is 0 Å². The summed E-state index contributed by atoms with van der Waals surface area (Å²) in [6, 6.07) is 2.15. The van der Waals surface area contributed by atoms with E-state index in [0.717, 1.165) is 18.7 Å². The van der Waals surface area contributed by atoms with E-state index in [1.165, 1.54) is 31.5 Å². The molecule has 0 aliphatic carbocycles. The number of piperidine rings is 3. The van der Waals surface area contributed by atoms with Crippen molar-refractivity contribution in [3.63, 3.8) is 0 Å². The van der Waals surface area contributed by atoms with Gasteiger partial charge in [0.1, 0.15) is 0 Å². The second kappa shape index (κ2) is 3.56. The lowest BCUT2D eigenvalue weighted by Crippen LogP contribution is -2.59. The summed E-state index contributed by atoms with van der Waals surface area (Å²) in [4.78, 5) is 8.44. The van der Waals surface area contributed by atoms with Crippen LogP contribution in [0.1, 0.15) is 24.8 Å². The molecule has 4 aliphatic heterocycles. The Morgan fingerprint density at radius 1 is 1.41 bits per heavy atom. The van der Waals surface area contributed by atoms with Gasteiger partial charge in [0, 0.05) is 24.4 Å². The molecule has 0 saturated carbocycles. The average Bonchev–Trinajstić information content (AvgIpc) is 3.00. The summed E-state index contributed by atoms with van der Waals surface area (Å²) in [6.45, 7) is 3.59. The van der Waals surface area contributed by atoms with Gasteiger partial charge in [0.25, 0.3) is 0 Å². The van der Waals surface area contributed by atoms with Crippen molar-refractivity contribution in [2.45, 2.75) is 24.9 Å². The molecule has 4 aliphatic rings. The highest BCUT2D eigenvalue weighted by Gasteiger charge is 2.52. The molecule has 3 saturated heterocycles. The van der Waals surface area contributed by atoms with Crippen molar-refractivity contribution in [1.82, 2.24) is 4.90 Å². The zero-order valence-corrected chi connectivity index (χ0v) is 10.6. The number of hydrogen-bond acceptors (Lipinski definition) is 4. The standard InChI is InChI=1S/C13H16N2OS/c1-4-15-5-2-11(1)13(9-15)7-12(14-16-13)10-3-6-17-8-10/h3,6,8,11H,1-2,4-5,7,9H2. The molecule has 5 rings (SSSR count). The van der Waals surface area contributed by atoms with Crippen LogP contribution in [0.3, 0.4) is 0 Å². The molecule has 0 radical (unpaired) electrons. The van der Waals surface area contributed by atoms with Crippen molar-refractivity contribution in [3.05, 3.63) is 22.4 Å². The molecule has 1 spiro atoms. The molecule has 90 valence electrons. The van der Waals surface area contributed by atoms with Gasteiger partial charge < -0.3 is 4.84 Å². The highest BCUT2D eigenvalue weighted by Crippen LogP contribution is 2.44. The van der Waals surface area contributed by atoms with Crippen LogP contribution in [0, 0.1) is 5.92 Å². The van der Waals surface area contributed by atoms with E-state index in [2.05, 4.69) is 26.9 Å². The molecule has 3 nitrogen and oxygen atoms in total. The van der Waals surface area contributed by atoms with Gasteiger partial charge in [0.05, 0.1) is 5.71 Å². The minimum atomic E-state index is 0.00771. The number of thiophene rings is 1. The Balaban J connectivity index is 1.60. The van der Waals surface area contributed by atoms with E-state index in [-0.39, 0.29) is 5.60 Å². The minimum absolute atomic E-state index is 0.00771. The monoisotopic (exact) mass is 248 g/mol. The zero-order chi connectivity index (χ0) is 11.3. The van der Waals surface area contributed by atoms with Crippen molar-refractivity contribution in [3.8, 4) is 0 Å². The van der Waals surface area contributed by atoms with Gasteiger partial charge in [-0.1, -0.05) is 5.16 Å². The van der Waals surface area contributed by atoms with Crippen molar-refractivity contribution >= 4 is 17.0 Å². The van der Waals surface area contributed by atoms with Gasteiger partial charge in [-0.3, -0.25) is 4.90 Å². The van der Waals surface area contributed by atoms with Gasteiger partial charge >= 0.3 is 0 Å². The molecule has 0 N–H and O–H groups in total. The van der Waals surface area contributed by atoms with E-state index in [0.29, 0.717) is 5.92 Å². The second-order valence-electron chi connectivity index (χ2n) is 5.43. The summed E-state index contributed by atoms with van der Waals surface area (Å²) in [5.41, 5.74) is 2.41. The maximum atomic E-state index is 5.90. The molecule has 1 aromatic rings. The van der Waals surface area contributed by atoms with Crippen LogP contribution in [0.25, 0.3) is 0 Å². The zero-order valence-electron chi connectivity index (χ0n) is 9.76. The third kappa shape index (κ3) is 1.47. The van der Waals surface area contributed by atoms with E-state index in [1.54, 1.807) is 11.3 Å². The lowest BCUT2D eigenvalue weighted by Gasteiger charge is -2.49. The molecule has 1 atom stereocenters. The summed E-state index contributed by atoms with van der Waals surface area (Å²) in [6.07, 6.45) is 3.57. The molecule has 5 heterocycles. The van der Waals surface area contributed by atoms with Crippen molar-refractivity contribution in [1.29, 1.82) is 0 Å². The fraction of sp³-hybridized carbons (Fsp3) is 0.615. The maximum Gasteiger partial charge on any atom is 0.158 e. The van der Waals surface area contributed by atoms with Gasteiger partial charge in [-0.2, -0.15) is 11.3 Å². The highest BCUT2D eigenvalue weighted by molar-refractivity contribution is 7.08. The van der Waals surface area contributed by atoms with Crippen molar-refractivity contribution < 1.29 is 4.84 Å². The Morgan fingerprint density at radius 3 is 2.94 bits per heavy atom. The molecular formula is C13H16N2OS. The molecule has 2 bridgehead atoms. The largest absolute Gasteiger partial charge is 0.387 e. The molecule has 1 aromatic heterocycles. The third-order valence-corrected chi connectivity index (χ3v) is 5.16. The normalized spacial score (nSPS) is 39.4. The SMILES string of the molecule is c1cc(C2=NOC3(C2)CN2CCC3CC2)cs1. The number of nitrogens with zero attached hydrogens (tertiary/aromatic N) is 2. The number of fused-ring (bicyclic) bond motifs is 2. The molecular weight excluding hydrogens is 232 g/mol. The molecule has 3 fully saturated rings. The Bertz CT molecular complexity index is 448. The summed E-state index contributed by atoms with van der Waals surface area (Å²) in [5.74, 6) is 0.715. The van der Waals surface area contributed by atoms with Crippen LogP contribution < -0.4 is 0 Å². The Kier molecular flexibility index (Phi) is 2.11. The third-order valence-electron chi connectivity index (χ3n) is 4.48. The van der Waals surface area contributed by atoms with E-state index in [9.17, 15) is 0 Å². The van der Waals surface area contributed by atoms with Crippen LogP contribution in [0.4, 0.5) is 0 Å². The van der Waals surface area contributed by atoms with Crippen molar-refractivity contribution in [2.75, 3.05) is 19.6 Å². The molecule has 0 amide bonds. The van der Waals surface area contributed by atoms with E-state index in [4.69, 9.17) is 4.84 Å².